The van der Waals surface area contributed by atoms with Crippen molar-refractivity contribution in [1.82, 2.24) is 0 Å². The minimum absolute atomic E-state index is 0. The van der Waals surface area contributed by atoms with E-state index in [1.165, 1.54) is 0 Å². The molecule has 0 aromatic carbocycles. The van der Waals surface area contributed by atoms with E-state index in [4.69, 9.17) is 63.7 Å². The van der Waals surface area contributed by atoms with Gasteiger partial charge in [-0.25, -0.2) is 0 Å². The minimum atomic E-state index is -1.75. The zero-order chi connectivity index (χ0) is 21.7. The molecule has 0 saturated carbocycles. The molecule has 0 radical (unpaired) electrons. The van der Waals surface area contributed by atoms with E-state index in [1.54, 1.807) is 0 Å². The molecule has 0 N–H and O–H groups in total. The van der Waals surface area contributed by atoms with Crippen LogP contribution < -0.4 is 33.3 Å². The summed E-state index contributed by atoms with van der Waals surface area (Å²) in [7, 11) is 0. The molecule has 0 heterocycles. The van der Waals surface area contributed by atoms with Crippen LogP contribution in [0.2, 0.25) is 0 Å². The van der Waals surface area contributed by atoms with Crippen LogP contribution in [0.15, 0.2) is 0 Å². The number of hydrogen-bond donors (Lipinski definition) is 0. The first-order valence-electron chi connectivity index (χ1n) is 3.77. The topological polar surface area (TPSA) is 321 Å². The van der Waals surface area contributed by atoms with E-state index in [1.807, 2.05) is 0 Å². The fourth-order valence-electron chi connectivity index (χ4n) is 0. The van der Waals surface area contributed by atoms with E-state index in [9.17, 15) is 0 Å². The van der Waals surface area contributed by atoms with Crippen LogP contribution in [0.3, 0.4) is 0 Å². The normalized spacial score (nSPS) is 2.06. The standard InChI is InChI=1S/8Al.7Ca.16O.6H/q;;;;;;;;;;;4*+2;;;;;;;;;8*-1;;;;;;. The predicted octanol–water partition coefficient (Wildman–Crippen LogP) is -17.8. The molecule has 0 aromatic rings. The van der Waals surface area contributed by atoms with Crippen LogP contribution in [-0.4, -0.2) is 388 Å². The van der Waals surface area contributed by atoms with Crippen molar-refractivity contribution in [1.29, 1.82) is 0 Å². The Morgan fingerprint density at radius 3 is 0.258 bits per heavy atom. The average molecular weight is 758 g/mol. The van der Waals surface area contributed by atoms with Gasteiger partial charge in [0.25, 0.3) is 0 Å². The molecule has 31 heteroatoms. The summed E-state index contributed by atoms with van der Waals surface area (Å²) in [5.74, 6) is 0. The van der Waals surface area contributed by atoms with Crippen LogP contribution in [0, 0.1) is 0 Å². The van der Waals surface area contributed by atoms with Crippen LogP contribution in [0.25, 0.3) is 0 Å². The number of hydrogen-bond acceptors (Lipinski definition) is 16. The van der Waals surface area contributed by atoms with Gasteiger partial charge in [0, 0.05) is 0 Å². The van der Waals surface area contributed by atoms with E-state index >= 15 is 0 Å². The summed E-state index contributed by atoms with van der Waals surface area (Å²) in [6.45, 7) is 0. The molecule has 0 saturated heterocycles. The first-order valence-corrected chi connectivity index (χ1v) is 11.3. The second-order valence-corrected chi connectivity index (χ2v) is 2.31. The molecule has 0 spiro atoms. The summed E-state index contributed by atoms with van der Waals surface area (Å²) in [5.41, 5.74) is 0. The molecule has 0 aliphatic carbocycles. The Morgan fingerprint density at radius 2 is 0.258 bits per heavy atom. The third-order valence-electron chi connectivity index (χ3n) is 0. The Kier molecular flexibility index (Phi) is 591. The molecule has 31 heavy (non-hydrogen) atoms. The zero-order valence-electron chi connectivity index (χ0n) is 14.0. The van der Waals surface area contributed by atoms with E-state index in [0.29, 0.717) is 0 Å². The van der Waals surface area contributed by atoms with Crippen molar-refractivity contribution in [3.05, 3.63) is 0 Å². The Bertz CT molecular complexity index is 178. The van der Waals surface area contributed by atoms with Gasteiger partial charge in [-0.15, -0.1) is 0 Å². The number of rotatable bonds is 0. The maximum atomic E-state index is 8.46. The van der Waals surface area contributed by atoms with Crippen molar-refractivity contribution < 1.29 is 63.7 Å². The van der Waals surface area contributed by atoms with Crippen molar-refractivity contribution in [3.8, 4) is 0 Å². The summed E-state index contributed by atoms with van der Waals surface area (Å²) in [6, 6.07) is 0. The van der Waals surface area contributed by atoms with E-state index in [0.717, 1.165) is 0 Å². The maximum absolute atomic E-state index is 8.46. The molecule has 0 aliphatic rings. The second kappa shape index (κ2) is 189. The van der Waals surface area contributed by atoms with Crippen molar-refractivity contribution in [2.24, 2.45) is 0 Å². The van der Waals surface area contributed by atoms with Gasteiger partial charge < -0.3 is 0 Å². The molecule has 0 bridgehead atoms. The van der Waals surface area contributed by atoms with E-state index < -0.39 is 124 Å². The van der Waals surface area contributed by atoms with E-state index in [2.05, 4.69) is 0 Å². The first-order chi connectivity index (χ1) is 11.3. The molecule has 140 valence electrons. The first kappa shape index (κ1) is 97.1. The summed E-state index contributed by atoms with van der Waals surface area (Å²) < 4.78 is 135. The SMILES string of the molecule is [Ca+2].[Ca+2].[Ca+2].[Ca+2].[CaH2].[CaH2].[CaH2].[O]=[Al][O-].[O]=[Al][O-].[O]=[Al][O-].[O]=[Al][O-].[O]=[Al][O-].[O]=[Al][O-].[O]=[Al][O-].[O]=[Al][O-]. The van der Waals surface area contributed by atoms with Crippen molar-refractivity contribution in [3.63, 3.8) is 0 Å². The molecule has 0 aromatic heterocycles. The summed E-state index contributed by atoms with van der Waals surface area (Å²) in [6.07, 6.45) is 0. The van der Waals surface area contributed by atoms with Crippen LogP contribution in [0.1, 0.15) is 0 Å². The summed E-state index contributed by atoms with van der Waals surface area (Å²) in [5, 5.41) is 0. The molecule has 16 nitrogen and oxygen atoms in total. The van der Waals surface area contributed by atoms with Crippen molar-refractivity contribution in [2.45, 2.75) is 0 Å². The molecule has 0 aliphatic heterocycles. The van der Waals surface area contributed by atoms with Gasteiger partial charge in [-0.1, -0.05) is 0 Å². The van der Waals surface area contributed by atoms with Crippen LogP contribution in [0.4, 0.5) is 0 Å². The van der Waals surface area contributed by atoms with Gasteiger partial charge in [0.1, 0.15) is 0 Å². The van der Waals surface area contributed by atoms with E-state index in [-0.39, 0.29) is 264 Å². The van der Waals surface area contributed by atoms with Gasteiger partial charge in [0.05, 0.1) is 0 Å². The van der Waals surface area contributed by atoms with Gasteiger partial charge in [-0.2, -0.15) is 0 Å². The Balaban J connectivity index is -0.00000000703. The average Bonchev–Trinajstić information content (AvgIpc) is 2.45. The summed E-state index contributed by atoms with van der Waals surface area (Å²) >= 11 is -14.0. The quantitative estimate of drug-likeness (QED) is 0.207. The molecule has 0 rings (SSSR count). The van der Waals surface area contributed by atoms with Gasteiger partial charge >= 0.3 is 452 Å². The molecular formula is H6Al8Ca7O16. The predicted molar refractivity (Wildman–Crippen MR) is 100 cm³/mol. The van der Waals surface area contributed by atoms with Gasteiger partial charge in [-0.3, -0.25) is 0 Å². The van der Waals surface area contributed by atoms with Crippen LogP contribution in [0.5, 0.6) is 0 Å². The Morgan fingerprint density at radius 1 is 0.258 bits per heavy atom. The third-order valence-corrected chi connectivity index (χ3v) is 0. The fraction of sp³-hybridized carbons (Fsp3) is 0. The Labute approximate surface area is 438 Å². The van der Waals surface area contributed by atoms with Gasteiger partial charge in [-0.05, 0) is 0 Å². The van der Waals surface area contributed by atoms with Crippen LogP contribution >= 0.6 is 0 Å². The molecule has 0 fully saturated rings. The second-order valence-electron chi connectivity index (χ2n) is 0.770. The fourth-order valence-corrected chi connectivity index (χ4v) is 0. The summed E-state index contributed by atoms with van der Waals surface area (Å²) in [4.78, 5) is 0. The third kappa shape index (κ3) is 586. The zero-order valence-corrected chi connectivity index (χ0v) is 32.1. The van der Waals surface area contributed by atoms with Crippen LogP contribution in [-0.2, 0) is 30.4 Å². The van der Waals surface area contributed by atoms with Gasteiger partial charge in [0.2, 0.25) is 0 Å². The molecule has 0 amide bonds. The molecule has 0 unspecified atom stereocenters. The Hall–Kier alpha value is 9.88. The molecule has 0 atom stereocenters. The molecular weight excluding hydrogens is 752 g/mol. The monoisotopic (exact) mass is 758 g/mol. The van der Waals surface area contributed by atoms with Crippen molar-refractivity contribution >= 4 is 388 Å². The van der Waals surface area contributed by atoms with Crippen molar-refractivity contribution in [2.75, 3.05) is 0 Å². The van der Waals surface area contributed by atoms with Gasteiger partial charge in [0.15, 0.2) is 0 Å².